The SMILES string of the molecule is CCN(C(=O)CNc1c(F)cccc1F)C1CC1. The summed E-state index contributed by atoms with van der Waals surface area (Å²) in [7, 11) is 0. The molecule has 1 aromatic carbocycles. The van der Waals surface area contributed by atoms with Gasteiger partial charge in [-0.05, 0) is 31.9 Å². The Morgan fingerprint density at radius 1 is 1.39 bits per heavy atom. The largest absolute Gasteiger partial charge is 0.371 e. The van der Waals surface area contributed by atoms with Crippen LogP contribution < -0.4 is 5.32 Å². The molecular formula is C13H16F2N2O. The molecule has 0 spiro atoms. The molecule has 1 saturated carbocycles. The van der Waals surface area contributed by atoms with Gasteiger partial charge in [0.25, 0.3) is 0 Å². The Labute approximate surface area is 105 Å². The molecule has 0 bridgehead atoms. The number of carbonyl (C=O) groups is 1. The lowest BCUT2D eigenvalue weighted by Gasteiger charge is -2.20. The first-order valence-electron chi connectivity index (χ1n) is 6.10. The van der Waals surface area contributed by atoms with E-state index in [4.69, 9.17) is 0 Å². The summed E-state index contributed by atoms with van der Waals surface area (Å²) in [4.78, 5) is 13.6. The number of benzene rings is 1. The van der Waals surface area contributed by atoms with E-state index >= 15 is 0 Å². The van der Waals surface area contributed by atoms with Gasteiger partial charge in [0.15, 0.2) is 0 Å². The lowest BCUT2D eigenvalue weighted by Crippen LogP contribution is -2.37. The van der Waals surface area contributed by atoms with Crippen molar-refractivity contribution in [2.24, 2.45) is 0 Å². The van der Waals surface area contributed by atoms with Gasteiger partial charge < -0.3 is 10.2 Å². The maximum Gasteiger partial charge on any atom is 0.242 e. The predicted molar refractivity (Wildman–Crippen MR) is 65.3 cm³/mol. The van der Waals surface area contributed by atoms with Crippen molar-refractivity contribution in [3.05, 3.63) is 29.8 Å². The number of carbonyl (C=O) groups excluding carboxylic acids is 1. The molecule has 0 radical (unpaired) electrons. The van der Waals surface area contributed by atoms with Crippen molar-refractivity contribution in [3.63, 3.8) is 0 Å². The molecule has 0 aromatic heterocycles. The molecule has 0 unspecified atom stereocenters. The second-order valence-corrected chi connectivity index (χ2v) is 4.36. The molecule has 5 heteroatoms. The third-order valence-electron chi connectivity index (χ3n) is 3.03. The van der Waals surface area contributed by atoms with Gasteiger partial charge in [0, 0.05) is 12.6 Å². The van der Waals surface area contributed by atoms with Crippen molar-refractivity contribution in [2.75, 3.05) is 18.4 Å². The molecule has 1 amide bonds. The molecule has 98 valence electrons. The minimum absolute atomic E-state index is 0.0812. The number of anilines is 1. The smallest absolute Gasteiger partial charge is 0.242 e. The standard InChI is InChI=1S/C13H16F2N2O/c1-2-17(9-6-7-9)12(18)8-16-13-10(14)4-3-5-11(13)15/h3-5,9,16H,2,6-8H2,1H3. The van der Waals surface area contributed by atoms with E-state index in [1.807, 2.05) is 6.92 Å². The summed E-state index contributed by atoms with van der Waals surface area (Å²) in [6.45, 7) is 2.45. The third-order valence-corrected chi connectivity index (χ3v) is 3.03. The van der Waals surface area contributed by atoms with Gasteiger partial charge in [0.05, 0.1) is 6.54 Å². The Bertz CT molecular complexity index is 426. The molecule has 18 heavy (non-hydrogen) atoms. The van der Waals surface area contributed by atoms with E-state index in [1.165, 1.54) is 6.07 Å². The van der Waals surface area contributed by atoms with E-state index in [2.05, 4.69) is 5.32 Å². The fourth-order valence-corrected chi connectivity index (χ4v) is 1.96. The highest BCUT2D eigenvalue weighted by atomic mass is 19.1. The van der Waals surface area contributed by atoms with Gasteiger partial charge in [-0.1, -0.05) is 6.07 Å². The van der Waals surface area contributed by atoms with Crippen LogP contribution in [-0.2, 0) is 4.79 Å². The van der Waals surface area contributed by atoms with Gasteiger partial charge in [-0.15, -0.1) is 0 Å². The number of rotatable bonds is 5. The van der Waals surface area contributed by atoms with E-state index in [-0.39, 0.29) is 18.1 Å². The summed E-state index contributed by atoms with van der Waals surface area (Å²) in [6.07, 6.45) is 2.04. The van der Waals surface area contributed by atoms with Crippen molar-refractivity contribution in [3.8, 4) is 0 Å². The Kier molecular flexibility index (Phi) is 3.79. The lowest BCUT2D eigenvalue weighted by molar-refractivity contribution is -0.129. The zero-order valence-electron chi connectivity index (χ0n) is 10.2. The van der Waals surface area contributed by atoms with E-state index in [1.54, 1.807) is 4.90 Å². The molecule has 0 saturated heterocycles. The Balaban J connectivity index is 1.96. The highest BCUT2D eigenvalue weighted by Crippen LogP contribution is 2.26. The highest BCUT2D eigenvalue weighted by Gasteiger charge is 2.31. The van der Waals surface area contributed by atoms with Crippen LogP contribution in [0.3, 0.4) is 0 Å². The number of hydrogen-bond acceptors (Lipinski definition) is 2. The minimum atomic E-state index is -0.683. The summed E-state index contributed by atoms with van der Waals surface area (Å²) >= 11 is 0. The molecule has 3 nitrogen and oxygen atoms in total. The van der Waals surface area contributed by atoms with Crippen LogP contribution in [-0.4, -0.2) is 29.9 Å². The fourth-order valence-electron chi connectivity index (χ4n) is 1.96. The van der Waals surface area contributed by atoms with E-state index < -0.39 is 11.6 Å². The first kappa shape index (κ1) is 12.8. The summed E-state index contributed by atoms with van der Waals surface area (Å²) in [5.74, 6) is -1.49. The number of hydrogen-bond donors (Lipinski definition) is 1. The maximum absolute atomic E-state index is 13.3. The number of para-hydroxylation sites is 1. The van der Waals surface area contributed by atoms with Gasteiger partial charge in [-0.3, -0.25) is 4.79 Å². The molecule has 0 atom stereocenters. The van der Waals surface area contributed by atoms with Crippen molar-refractivity contribution >= 4 is 11.6 Å². The summed E-state index contributed by atoms with van der Waals surface area (Å²) < 4.78 is 26.7. The Morgan fingerprint density at radius 2 is 2.00 bits per heavy atom. The monoisotopic (exact) mass is 254 g/mol. The van der Waals surface area contributed by atoms with Crippen LogP contribution in [0.2, 0.25) is 0 Å². The van der Waals surface area contributed by atoms with E-state index in [0.717, 1.165) is 25.0 Å². The molecule has 1 N–H and O–H groups in total. The van der Waals surface area contributed by atoms with E-state index in [9.17, 15) is 13.6 Å². The van der Waals surface area contributed by atoms with Crippen LogP contribution >= 0.6 is 0 Å². The normalized spacial score (nSPS) is 14.4. The number of nitrogens with zero attached hydrogens (tertiary/aromatic N) is 1. The first-order chi connectivity index (χ1) is 8.63. The van der Waals surface area contributed by atoms with Crippen LogP contribution in [0, 0.1) is 11.6 Å². The van der Waals surface area contributed by atoms with Crippen molar-refractivity contribution in [1.82, 2.24) is 4.90 Å². The van der Waals surface area contributed by atoms with Crippen molar-refractivity contribution in [2.45, 2.75) is 25.8 Å². The van der Waals surface area contributed by atoms with Gasteiger partial charge in [0.2, 0.25) is 5.91 Å². The molecule has 1 fully saturated rings. The van der Waals surface area contributed by atoms with Crippen LogP contribution in [0.1, 0.15) is 19.8 Å². The molecule has 0 heterocycles. The maximum atomic E-state index is 13.3. The Hall–Kier alpha value is -1.65. The van der Waals surface area contributed by atoms with Crippen LogP contribution in [0.4, 0.5) is 14.5 Å². The number of halogens is 2. The highest BCUT2D eigenvalue weighted by molar-refractivity contribution is 5.81. The lowest BCUT2D eigenvalue weighted by atomic mass is 10.3. The van der Waals surface area contributed by atoms with E-state index in [0.29, 0.717) is 12.6 Å². The van der Waals surface area contributed by atoms with Crippen molar-refractivity contribution < 1.29 is 13.6 Å². The number of likely N-dealkylation sites (N-methyl/N-ethyl adjacent to an activating group) is 1. The zero-order valence-corrected chi connectivity index (χ0v) is 10.2. The molecular weight excluding hydrogens is 238 g/mol. The average Bonchev–Trinajstić information content (AvgIpc) is 3.14. The fraction of sp³-hybridized carbons (Fsp3) is 0.462. The Morgan fingerprint density at radius 3 is 2.50 bits per heavy atom. The molecule has 2 rings (SSSR count). The number of nitrogens with one attached hydrogen (secondary N) is 1. The van der Waals surface area contributed by atoms with Gasteiger partial charge in [-0.2, -0.15) is 0 Å². The van der Waals surface area contributed by atoms with Gasteiger partial charge >= 0.3 is 0 Å². The molecule has 1 aromatic rings. The zero-order chi connectivity index (χ0) is 13.1. The van der Waals surface area contributed by atoms with Gasteiger partial charge in [0.1, 0.15) is 17.3 Å². The summed E-state index contributed by atoms with van der Waals surface area (Å²) in [6, 6.07) is 3.93. The van der Waals surface area contributed by atoms with Gasteiger partial charge in [-0.25, -0.2) is 8.78 Å². The summed E-state index contributed by atoms with van der Waals surface area (Å²) in [5, 5.41) is 2.54. The van der Waals surface area contributed by atoms with Crippen LogP contribution in [0.25, 0.3) is 0 Å². The minimum Gasteiger partial charge on any atom is -0.371 e. The summed E-state index contributed by atoms with van der Waals surface area (Å²) in [5.41, 5.74) is -0.238. The second kappa shape index (κ2) is 5.33. The second-order valence-electron chi connectivity index (χ2n) is 4.36. The van der Waals surface area contributed by atoms with Crippen LogP contribution in [0.15, 0.2) is 18.2 Å². The molecule has 1 aliphatic carbocycles. The number of amides is 1. The van der Waals surface area contributed by atoms with Crippen molar-refractivity contribution in [1.29, 1.82) is 0 Å². The first-order valence-corrected chi connectivity index (χ1v) is 6.10. The molecule has 1 aliphatic rings. The third kappa shape index (κ3) is 2.78. The predicted octanol–water partition coefficient (Wildman–Crippen LogP) is 2.39. The molecule has 0 aliphatic heterocycles. The van der Waals surface area contributed by atoms with Crippen LogP contribution in [0.5, 0.6) is 0 Å². The topological polar surface area (TPSA) is 32.3 Å². The average molecular weight is 254 g/mol. The quantitative estimate of drug-likeness (QED) is 0.875.